The van der Waals surface area contributed by atoms with Gasteiger partial charge in [-0.25, -0.2) is 0 Å². The summed E-state index contributed by atoms with van der Waals surface area (Å²) in [5, 5.41) is 0. The molecule has 4 atom stereocenters. The van der Waals surface area contributed by atoms with Crippen molar-refractivity contribution in [3.63, 3.8) is 0 Å². The molecule has 0 saturated heterocycles. The topological polar surface area (TPSA) is 26.0 Å². The second-order valence-electron chi connectivity index (χ2n) is 7.10. The zero-order chi connectivity index (χ0) is 10.3. The maximum Gasteiger partial charge on any atom is 0.0219 e. The van der Waals surface area contributed by atoms with E-state index >= 15 is 0 Å². The van der Waals surface area contributed by atoms with Crippen molar-refractivity contribution in [3.05, 3.63) is 0 Å². The molecule has 1 heteroatoms. The van der Waals surface area contributed by atoms with Crippen LogP contribution in [0.5, 0.6) is 0 Å². The minimum atomic E-state index is 0.250. The van der Waals surface area contributed by atoms with Crippen LogP contribution < -0.4 is 5.73 Å². The first kappa shape index (κ1) is 9.04. The average molecular weight is 205 g/mol. The van der Waals surface area contributed by atoms with Gasteiger partial charge in [0.1, 0.15) is 0 Å². The summed E-state index contributed by atoms with van der Waals surface area (Å²) in [5.41, 5.74) is 7.57. The van der Waals surface area contributed by atoms with Crippen molar-refractivity contribution in [2.75, 3.05) is 0 Å². The van der Waals surface area contributed by atoms with Crippen LogP contribution in [0.3, 0.4) is 0 Å². The van der Waals surface area contributed by atoms with E-state index in [1.807, 2.05) is 0 Å². The number of hydrogen-bond acceptors (Lipinski definition) is 1. The lowest BCUT2D eigenvalue weighted by Gasteiger charge is -2.45. The molecule has 4 unspecified atom stereocenters. The Labute approximate surface area is 92.8 Å². The van der Waals surface area contributed by atoms with Gasteiger partial charge in [-0.15, -0.1) is 0 Å². The summed E-state index contributed by atoms with van der Waals surface area (Å²) in [7, 11) is 0. The van der Waals surface area contributed by atoms with Gasteiger partial charge < -0.3 is 5.73 Å². The van der Waals surface area contributed by atoms with Gasteiger partial charge in [0.25, 0.3) is 0 Å². The molecule has 0 amide bonds. The van der Waals surface area contributed by atoms with Crippen LogP contribution in [-0.2, 0) is 0 Å². The molecule has 2 N–H and O–H groups in total. The van der Waals surface area contributed by atoms with Crippen LogP contribution in [-0.4, -0.2) is 5.54 Å². The summed E-state index contributed by atoms with van der Waals surface area (Å²) in [6, 6.07) is 0. The largest absolute Gasteiger partial charge is 0.325 e. The molecule has 5 saturated carbocycles. The van der Waals surface area contributed by atoms with E-state index in [0.29, 0.717) is 5.41 Å². The van der Waals surface area contributed by atoms with E-state index in [9.17, 15) is 0 Å². The minimum absolute atomic E-state index is 0.250. The molecule has 0 radical (unpaired) electrons. The van der Waals surface area contributed by atoms with Crippen molar-refractivity contribution in [2.45, 2.75) is 57.4 Å². The molecular formula is C14H23N. The molecule has 0 aliphatic heterocycles. The summed E-state index contributed by atoms with van der Waals surface area (Å²) in [6.07, 6.45) is 10.2. The third kappa shape index (κ3) is 0.800. The van der Waals surface area contributed by atoms with Crippen molar-refractivity contribution in [3.8, 4) is 0 Å². The molecule has 84 valence electrons. The molecule has 0 heterocycles. The van der Waals surface area contributed by atoms with Crippen molar-refractivity contribution in [1.82, 2.24) is 0 Å². The van der Waals surface area contributed by atoms with Gasteiger partial charge in [0.15, 0.2) is 0 Å². The Bertz CT molecular complexity index is 286. The summed E-state index contributed by atoms with van der Waals surface area (Å²) >= 11 is 0. The SMILES string of the molecule is CC12C3CCCCC1C1CC3CC2(N)C1. The van der Waals surface area contributed by atoms with E-state index < -0.39 is 0 Å². The lowest BCUT2D eigenvalue weighted by atomic mass is 9.60. The van der Waals surface area contributed by atoms with E-state index in [4.69, 9.17) is 5.73 Å². The fourth-order valence-corrected chi connectivity index (χ4v) is 6.42. The Balaban J connectivity index is 1.89. The average Bonchev–Trinajstić information content (AvgIpc) is 2.38. The molecule has 0 aromatic rings. The highest BCUT2D eigenvalue weighted by molar-refractivity contribution is 5.24. The van der Waals surface area contributed by atoms with E-state index in [-0.39, 0.29) is 5.54 Å². The Morgan fingerprint density at radius 3 is 2.07 bits per heavy atom. The quantitative estimate of drug-likeness (QED) is 0.646. The zero-order valence-corrected chi connectivity index (χ0v) is 9.84. The molecule has 5 rings (SSSR count). The van der Waals surface area contributed by atoms with Gasteiger partial charge in [-0.1, -0.05) is 19.8 Å². The Morgan fingerprint density at radius 1 is 1.00 bits per heavy atom. The van der Waals surface area contributed by atoms with Gasteiger partial charge in [-0.3, -0.25) is 0 Å². The van der Waals surface area contributed by atoms with Gasteiger partial charge in [-0.05, 0) is 61.2 Å². The molecule has 0 spiro atoms. The first-order valence-corrected chi connectivity index (χ1v) is 6.94. The fraction of sp³-hybridized carbons (Fsp3) is 1.00. The number of hydrogen-bond donors (Lipinski definition) is 1. The van der Waals surface area contributed by atoms with E-state index in [1.54, 1.807) is 0 Å². The van der Waals surface area contributed by atoms with E-state index in [2.05, 4.69) is 6.92 Å². The highest BCUT2D eigenvalue weighted by Crippen LogP contribution is 2.74. The third-order valence-corrected chi connectivity index (χ3v) is 6.89. The molecule has 5 aliphatic rings. The van der Waals surface area contributed by atoms with Crippen LogP contribution in [0.1, 0.15) is 51.9 Å². The first-order valence-electron chi connectivity index (χ1n) is 6.94. The molecule has 6 bridgehead atoms. The van der Waals surface area contributed by atoms with Crippen LogP contribution in [0.2, 0.25) is 0 Å². The second kappa shape index (κ2) is 2.45. The Hall–Kier alpha value is -0.0400. The first-order chi connectivity index (χ1) is 7.15. The van der Waals surface area contributed by atoms with Crippen molar-refractivity contribution in [1.29, 1.82) is 0 Å². The normalized spacial score (nSPS) is 66.0. The molecule has 0 aromatic carbocycles. The van der Waals surface area contributed by atoms with Gasteiger partial charge in [-0.2, -0.15) is 0 Å². The Morgan fingerprint density at radius 2 is 1.53 bits per heavy atom. The highest BCUT2D eigenvalue weighted by Gasteiger charge is 2.71. The lowest BCUT2D eigenvalue weighted by molar-refractivity contribution is 0.0408. The molecule has 15 heavy (non-hydrogen) atoms. The molecule has 5 aliphatic carbocycles. The van der Waals surface area contributed by atoms with Gasteiger partial charge in [0.2, 0.25) is 0 Å². The zero-order valence-electron chi connectivity index (χ0n) is 9.84. The van der Waals surface area contributed by atoms with E-state index in [0.717, 1.165) is 23.7 Å². The Kier molecular flexibility index (Phi) is 1.47. The van der Waals surface area contributed by atoms with Crippen LogP contribution in [0, 0.1) is 29.1 Å². The summed E-state index contributed by atoms with van der Waals surface area (Å²) < 4.78 is 0. The predicted molar refractivity (Wildman–Crippen MR) is 61.3 cm³/mol. The van der Waals surface area contributed by atoms with Crippen molar-refractivity contribution >= 4 is 0 Å². The smallest absolute Gasteiger partial charge is 0.0219 e. The summed E-state index contributed by atoms with van der Waals surface area (Å²) in [4.78, 5) is 0. The van der Waals surface area contributed by atoms with Crippen LogP contribution >= 0.6 is 0 Å². The monoisotopic (exact) mass is 205 g/mol. The maximum absolute atomic E-state index is 6.78. The van der Waals surface area contributed by atoms with Gasteiger partial charge >= 0.3 is 0 Å². The van der Waals surface area contributed by atoms with E-state index in [1.165, 1.54) is 44.9 Å². The number of rotatable bonds is 0. The standard InChI is InChI=1S/C14H23N/c1-13-11-4-2-3-5-12(13)10-6-9(11)7-14(13,15)8-10/h9-12H,2-8,15H2,1H3. The summed E-state index contributed by atoms with van der Waals surface area (Å²) in [5.74, 6) is 4.00. The van der Waals surface area contributed by atoms with Crippen LogP contribution in [0.4, 0.5) is 0 Å². The van der Waals surface area contributed by atoms with Crippen LogP contribution in [0.15, 0.2) is 0 Å². The fourth-order valence-electron chi connectivity index (χ4n) is 6.42. The molecule has 1 nitrogen and oxygen atoms in total. The lowest BCUT2D eigenvalue weighted by Crippen LogP contribution is -2.50. The van der Waals surface area contributed by atoms with Gasteiger partial charge in [0, 0.05) is 5.54 Å². The highest BCUT2D eigenvalue weighted by atomic mass is 14.9. The molecule has 5 fully saturated rings. The molecule has 0 aromatic heterocycles. The third-order valence-electron chi connectivity index (χ3n) is 6.89. The van der Waals surface area contributed by atoms with Crippen LogP contribution in [0.25, 0.3) is 0 Å². The number of nitrogens with two attached hydrogens (primary N) is 1. The van der Waals surface area contributed by atoms with Crippen molar-refractivity contribution in [2.24, 2.45) is 34.8 Å². The van der Waals surface area contributed by atoms with Gasteiger partial charge in [0.05, 0.1) is 0 Å². The summed E-state index contributed by atoms with van der Waals surface area (Å²) in [6.45, 7) is 2.56. The van der Waals surface area contributed by atoms with Crippen molar-refractivity contribution < 1.29 is 0 Å². The minimum Gasteiger partial charge on any atom is -0.325 e. The maximum atomic E-state index is 6.78. The predicted octanol–water partition coefficient (Wildman–Crippen LogP) is 2.94. The second-order valence-corrected chi connectivity index (χ2v) is 7.10. The molecular weight excluding hydrogens is 182 g/mol.